The second kappa shape index (κ2) is 4.59. The number of anilines is 2. The fourth-order valence-corrected chi connectivity index (χ4v) is 3.00. The van der Waals surface area contributed by atoms with Crippen molar-refractivity contribution in [3.05, 3.63) is 10.9 Å². The van der Waals surface area contributed by atoms with Gasteiger partial charge in [0.05, 0.1) is 17.5 Å². The van der Waals surface area contributed by atoms with E-state index in [1.165, 1.54) is 4.88 Å². The SMILES string of the molecule is CCc1cc2c(NC3(CO)CC3)nc(NN)nc2s1. The average molecular weight is 279 g/mol. The van der Waals surface area contributed by atoms with Crippen molar-refractivity contribution in [2.75, 3.05) is 17.3 Å². The lowest BCUT2D eigenvalue weighted by molar-refractivity contribution is 0.266. The molecule has 6 nitrogen and oxygen atoms in total. The molecule has 2 heterocycles. The molecule has 0 aliphatic heterocycles. The standard InChI is InChI=1S/C12H17N5OS/c1-2-7-5-8-9(16-12(6-18)3-4-12)14-11(17-13)15-10(8)19-7/h5,18H,2-4,6,13H2,1H3,(H2,14,15,16,17). The number of nitrogens with zero attached hydrogens (tertiary/aromatic N) is 2. The quantitative estimate of drug-likeness (QED) is 0.489. The monoisotopic (exact) mass is 279 g/mol. The summed E-state index contributed by atoms with van der Waals surface area (Å²) in [4.78, 5) is 10.9. The van der Waals surface area contributed by atoms with Gasteiger partial charge in [-0.25, -0.2) is 10.8 Å². The van der Waals surface area contributed by atoms with Crippen LogP contribution in [-0.4, -0.2) is 27.2 Å². The van der Waals surface area contributed by atoms with Gasteiger partial charge in [-0.05, 0) is 25.3 Å². The van der Waals surface area contributed by atoms with Gasteiger partial charge in [0.25, 0.3) is 0 Å². The summed E-state index contributed by atoms with van der Waals surface area (Å²) in [6.07, 6.45) is 2.90. The molecule has 3 rings (SSSR count). The van der Waals surface area contributed by atoms with Crippen LogP contribution in [0, 0.1) is 0 Å². The zero-order chi connectivity index (χ0) is 13.5. The summed E-state index contributed by atoms with van der Waals surface area (Å²) in [7, 11) is 0. The molecule has 0 unspecified atom stereocenters. The Hall–Kier alpha value is -1.44. The first-order chi connectivity index (χ1) is 9.19. The van der Waals surface area contributed by atoms with E-state index in [0.29, 0.717) is 5.95 Å². The van der Waals surface area contributed by atoms with E-state index in [4.69, 9.17) is 5.84 Å². The molecule has 5 N–H and O–H groups in total. The molecule has 0 aromatic carbocycles. The first-order valence-corrected chi connectivity index (χ1v) is 7.17. The predicted molar refractivity (Wildman–Crippen MR) is 77.3 cm³/mol. The summed E-state index contributed by atoms with van der Waals surface area (Å²) in [6.45, 7) is 2.23. The lowest BCUT2D eigenvalue weighted by Gasteiger charge is -2.16. The lowest BCUT2D eigenvalue weighted by atomic mass is 10.2. The first kappa shape index (κ1) is 12.6. The molecule has 0 bridgehead atoms. The molecule has 0 spiro atoms. The Morgan fingerprint density at radius 1 is 1.47 bits per heavy atom. The van der Waals surface area contributed by atoms with Crippen molar-refractivity contribution >= 4 is 33.3 Å². The third kappa shape index (κ3) is 2.24. The van der Waals surface area contributed by atoms with E-state index < -0.39 is 0 Å². The van der Waals surface area contributed by atoms with Gasteiger partial charge >= 0.3 is 0 Å². The normalized spacial score (nSPS) is 16.6. The Morgan fingerprint density at radius 2 is 2.26 bits per heavy atom. The molecule has 2 aromatic heterocycles. The summed E-state index contributed by atoms with van der Waals surface area (Å²) >= 11 is 1.65. The molecule has 1 saturated carbocycles. The van der Waals surface area contributed by atoms with Crippen LogP contribution in [0.1, 0.15) is 24.6 Å². The van der Waals surface area contributed by atoms with Crippen molar-refractivity contribution < 1.29 is 5.11 Å². The highest BCUT2D eigenvalue weighted by Crippen LogP contribution is 2.40. The van der Waals surface area contributed by atoms with Crippen LogP contribution in [-0.2, 0) is 6.42 Å². The molecule has 7 heteroatoms. The fraction of sp³-hybridized carbons (Fsp3) is 0.500. The second-order valence-corrected chi connectivity index (χ2v) is 6.00. The Morgan fingerprint density at radius 3 is 2.84 bits per heavy atom. The van der Waals surface area contributed by atoms with Crippen LogP contribution in [0.5, 0.6) is 0 Å². The van der Waals surface area contributed by atoms with E-state index in [1.807, 2.05) is 0 Å². The van der Waals surface area contributed by atoms with Crippen molar-refractivity contribution in [2.45, 2.75) is 31.7 Å². The number of nitrogen functional groups attached to an aromatic ring is 1. The molecule has 2 aromatic rings. The maximum atomic E-state index is 9.42. The number of aliphatic hydroxyl groups excluding tert-OH is 1. The van der Waals surface area contributed by atoms with Gasteiger partial charge in [-0.15, -0.1) is 11.3 Å². The van der Waals surface area contributed by atoms with Gasteiger partial charge in [0, 0.05) is 4.88 Å². The Kier molecular flexibility index (Phi) is 3.04. The molecule has 0 atom stereocenters. The number of hydrogen-bond donors (Lipinski definition) is 4. The summed E-state index contributed by atoms with van der Waals surface area (Å²) in [5, 5.41) is 13.8. The largest absolute Gasteiger partial charge is 0.394 e. The molecular formula is C12H17N5OS. The van der Waals surface area contributed by atoms with Crippen molar-refractivity contribution in [3.8, 4) is 0 Å². The highest BCUT2D eigenvalue weighted by Gasteiger charge is 2.42. The molecule has 1 fully saturated rings. The Labute approximate surface area is 115 Å². The van der Waals surface area contributed by atoms with Crippen LogP contribution < -0.4 is 16.6 Å². The van der Waals surface area contributed by atoms with Gasteiger partial charge in [0.15, 0.2) is 0 Å². The van der Waals surface area contributed by atoms with E-state index in [0.717, 1.165) is 35.3 Å². The topological polar surface area (TPSA) is 96.1 Å². The van der Waals surface area contributed by atoms with Gasteiger partial charge in [-0.2, -0.15) is 4.98 Å². The molecule has 0 saturated heterocycles. The number of aryl methyl sites for hydroxylation is 1. The molecule has 19 heavy (non-hydrogen) atoms. The first-order valence-electron chi connectivity index (χ1n) is 6.36. The summed E-state index contributed by atoms with van der Waals surface area (Å²) < 4.78 is 0. The van der Waals surface area contributed by atoms with Crippen molar-refractivity contribution in [1.29, 1.82) is 0 Å². The third-order valence-electron chi connectivity index (χ3n) is 3.46. The van der Waals surface area contributed by atoms with Crippen LogP contribution in [0.25, 0.3) is 10.2 Å². The van der Waals surface area contributed by atoms with Gasteiger partial charge in [-0.3, -0.25) is 5.43 Å². The number of nitrogens with one attached hydrogen (secondary N) is 2. The van der Waals surface area contributed by atoms with E-state index in [2.05, 4.69) is 33.7 Å². The highest BCUT2D eigenvalue weighted by atomic mass is 32.1. The third-order valence-corrected chi connectivity index (χ3v) is 4.63. The molecule has 1 aliphatic rings. The number of hydrazine groups is 1. The number of aliphatic hydroxyl groups is 1. The number of rotatable bonds is 5. The van der Waals surface area contributed by atoms with Crippen LogP contribution >= 0.6 is 11.3 Å². The molecule has 102 valence electrons. The second-order valence-electron chi connectivity index (χ2n) is 4.89. The van der Waals surface area contributed by atoms with Crippen LogP contribution in [0.4, 0.5) is 11.8 Å². The molecule has 0 radical (unpaired) electrons. The van der Waals surface area contributed by atoms with Crippen molar-refractivity contribution in [3.63, 3.8) is 0 Å². The van der Waals surface area contributed by atoms with Crippen LogP contribution in [0.2, 0.25) is 0 Å². The summed E-state index contributed by atoms with van der Waals surface area (Å²) in [5.74, 6) is 6.56. The zero-order valence-corrected chi connectivity index (χ0v) is 11.5. The van der Waals surface area contributed by atoms with Crippen LogP contribution in [0.15, 0.2) is 6.07 Å². The minimum atomic E-state index is -0.207. The van der Waals surface area contributed by atoms with E-state index in [1.54, 1.807) is 11.3 Å². The maximum absolute atomic E-state index is 9.42. The number of aromatic nitrogens is 2. The van der Waals surface area contributed by atoms with Gasteiger partial charge in [0.2, 0.25) is 5.95 Å². The Bertz CT molecular complexity index is 607. The van der Waals surface area contributed by atoms with Gasteiger partial charge < -0.3 is 10.4 Å². The number of fused-ring (bicyclic) bond motifs is 1. The van der Waals surface area contributed by atoms with E-state index >= 15 is 0 Å². The Balaban J connectivity index is 2.07. The summed E-state index contributed by atoms with van der Waals surface area (Å²) in [6, 6.07) is 2.11. The maximum Gasteiger partial charge on any atom is 0.240 e. The zero-order valence-electron chi connectivity index (χ0n) is 10.7. The molecule has 0 amide bonds. The number of nitrogens with two attached hydrogens (primary N) is 1. The van der Waals surface area contributed by atoms with Crippen LogP contribution in [0.3, 0.4) is 0 Å². The van der Waals surface area contributed by atoms with Crippen molar-refractivity contribution in [2.24, 2.45) is 5.84 Å². The minimum Gasteiger partial charge on any atom is -0.394 e. The number of hydrogen-bond acceptors (Lipinski definition) is 7. The molecule has 1 aliphatic carbocycles. The fourth-order valence-electron chi connectivity index (χ4n) is 2.03. The summed E-state index contributed by atoms with van der Waals surface area (Å²) in [5.41, 5.74) is 2.29. The lowest BCUT2D eigenvalue weighted by Crippen LogP contribution is -2.26. The smallest absolute Gasteiger partial charge is 0.240 e. The predicted octanol–water partition coefficient (Wildman–Crippen LogP) is 1.48. The highest BCUT2D eigenvalue weighted by molar-refractivity contribution is 7.18. The van der Waals surface area contributed by atoms with E-state index in [9.17, 15) is 5.11 Å². The van der Waals surface area contributed by atoms with Crippen molar-refractivity contribution in [1.82, 2.24) is 9.97 Å². The molecular weight excluding hydrogens is 262 g/mol. The number of thiophene rings is 1. The minimum absolute atomic E-state index is 0.120. The van der Waals surface area contributed by atoms with Gasteiger partial charge in [0.1, 0.15) is 10.6 Å². The van der Waals surface area contributed by atoms with Gasteiger partial charge in [-0.1, -0.05) is 6.92 Å². The van der Waals surface area contributed by atoms with E-state index in [-0.39, 0.29) is 12.1 Å². The average Bonchev–Trinajstić information content (AvgIpc) is 3.08.